The van der Waals surface area contributed by atoms with Gasteiger partial charge in [0.25, 0.3) is 0 Å². The predicted molar refractivity (Wildman–Crippen MR) is 76.3 cm³/mol. The van der Waals surface area contributed by atoms with Crippen molar-refractivity contribution in [2.45, 2.75) is 38.8 Å². The highest BCUT2D eigenvalue weighted by Crippen LogP contribution is 2.31. The molecule has 0 amide bonds. The molecule has 1 fully saturated rings. The van der Waals surface area contributed by atoms with Crippen LogP contribution in [-0.2, 0) is 13.6 Å². The lowest BCUT2D eigenvalue weighted by Gasteiger charge is -2.34. The summed E-state index contributed by atoms with van der Waals surface area (Å²) in [5.74, 6) is 0.947. The summed E-state index contributed by atoms with van der Waals surface area (Å²) < 4.78 is 1.74. The lowest BCUT2D eigenvalue weighted by atomic mass is 10.0. The number of rotatable bonds is 3. The summed E-state index contributed by atoms with van der Waals surface area (Å²) in [6, 6.07) is 0.293. The predicted octanol–water partition coefficient (Wildman–Crippen LogP) is 2.23. The van der Waals surface area contributed by atoms with Crippen molar-refractivity contribution in [3.63, 3.8) is 0 Å². The largest absolute Gasteiger partial charge is 0.289 e. The van der Waals surface area contributed by atoms with E-state index in [9.17, 15) is 0 Å². The van der Waals surface area contributed by atoms with Crippen molar-refractivity contribution in [2.75, 3.05) is 6.54 Å². The smallest absolute Gasteiger partial charge is 0.141 e. The van der Waals surface area contributed by atoms with E-state index < -0.39 is 0 Å². The Bertz CT molecular complexity index is 576. The van der Waals surface area contributed by atoms with Crippen LogP contribution in [-0.4, -0.2) is 36.4 Å². The monoisotopic (exact) mass is 294 g/mol. The van der Waals surface area contributed by atoms with E-state index in [1.165, 1.54) is 12.8 Å². The Balaban J connectivity index is 1.84. The molecule has 2 aromatic heterocycles. The molecule has 6 nitrogen and oxygen atoms in total. The van der Waals surface area contributed by atoms with Gasteiger partial charge in [-0.05, 0) is 26.3 Å². The van der Waals surface area contributed by atoms with E-state index in [4.69, 9.17) is 11.6 Å². The molecule has 3 rings (SSSR count). The molecule has 20 heavy (non-hydrogen) atoms. The minimum absolute atomic E-state index is 0.293. The molecule has 0 spiro atoms. The van der Waals surface area contributed by atoms with Gasteiger partial charge in [-0.2, -0.15) is 10.2 Å². The molecule has 1 aliphatic heterocycles. The fourth-order valence-electron chi connectivity index (χ4n) is 2.92. The number of hydrogen-bond donors (Lipinski definition) is 1. The first-order chi connectivity index (χ1) is 9.66. The lowest BCUT2D eigenvalue weighted by molar-refractivity contribution is 0.134. The Kier molecular flexibility index (Phi) is 3.76. The van der Waals surface area contributed by atoms with Gasteiger partial charge in [-0.25, -0.2) is 4.98 Å². The molecule has 108 valence electrons. The van der Waals surface area contributed by atoms with Gasteiger partial charge >= 0.3 is 0 Å². The Morgan fingerprint density at radius 1 is 1.45 bits per heavy atom. The molecule has 0 radical (unpaired) electrons. The van der Waals surface area contributed by atoms with Gasteiger partial charge in [-0.15, -0.1) is 0 Å². The third-order valence-electron chi connectivity index (χ3n) is 3.99. The second kappa shape index (κ2) is 5.54. The summed E-state index contributed by atoms with van der Waals surface area (Å²) in [6.07, 6.45) is 5.11. The SMILES string of the molecule is Cc1nn(C)c(Cl)c1CN1CCCC[C@@H]1c1ncn[nH]1. The Morgan fingerprint density at radius 2 is 2.30 bits per heavy atom. The van der Waals surface area contributed by atoms with Gasteiger partial charge in [0.15, 0.2) is 0 Å². The van der Waals surface area contributed by atoms with E-state index in [2.05, 4.69) is 25.2 Å². The van der Waals surface area contributed by atoms with Crippen molar-refractivity contribution >= 4 is 11.6 Å². The highest BCUT2D eigenvalue weighted by Gasteiger charge is 2.27. The molecule has 1 atom stereocenters. The normalized spacial score (nSPS) is 20.4. The maximum atomic E-state index is 6.34. The van der Waals surface area contributed by atoms with E-state index >= 15 is 0 Å². The van der Waals surface area contributed by atoms with Crippen molar-refractivity contribution in [2.24, 2.45) is 7.05 Å². The maximum Gasteiger partial charge on any atom is 0.141 e. The molecule has 0 aliphatic carbocycles. The summed E-state index contributed by atoms with van der Waals surface area (Å²) in [4.78, 5) is 6.74. The van der Waals surface area contributed by atoms with Crippen LogP contribution in [0.5, 0.6) is 0 Å². The minimum atomic E-state index is 0.293. The first-order valence-corrected chi connectivity index (χ1v) is 7.32. The number of H-pyrrole nitrogens is 1. The van der Waals surface area contributed by atoms with E-state index in [1.807, 2.05) is 14.0 Å². The molecule has 3 heterocycles. The summed E-state index contributed by atoms with van der Waals surface area (Å²) in [7, 11) is 1.88. The summed E-state index contributed by atoms with van der Waals surface area (Å²) in [5, 5.41) is 12.1. The number of nitrogens with one attached hydrogen (secondary N) is 1. The molecule has 7 heteroatoms. The van der Waals surface area contributed by atoms with Gasteiger partial charge in [-0.1, -0.05) is 18.0 Å². The number of aromatic amines is 1. The van der Waals surface area contributed by atoms with Gasteiger partial charge in [-0.3, -0.25) is 14.7 Å². The second-order valence-corrected chi connectivity index (χ2v) is 5.69. The third kappa shape index (κ3) is 2.45. The average molecular weight is 295 g/mol. The van der Waals surface area contributed by atoms with Crippen LogP contribution >= 0.6 is 11.6 Å². The van der Waals surface area contributed by atoms with Gasteiger partial charge in [0.1, 0.15) is 17.3 Å². The van der Waals surface area contributed by atoms with Crippen LogP contribution in [0.3, 0.4) is 0 Å². The van der Waals surface area contributed by atoms with E-state index in [-0.39, 0.29) is 0 Å². The van der Waals surface area contributed by atoms with E-state index in [0.29, 0.717) is 6.04 Å². The van der Waals surface area contributed by atoms with Crippen LogP contribution in [0.2, 0.25) is 5.15 Å². The molecular formula is C13H19ClN6. The molecule has 1 N–H and O–H groups in total. The van der Waals surface area contributed by atoms with Crippen molar-refractivity contribution < 1.29 is 0 Å². The van der Waals surface area contributed by atoms with Crippen LogP contribution in [0.15, 0.2) is 6.33 Å². The molecule has 2 aromatic rings. The molecule has 0 saturated carbocycles. The van der Waals surface area contributed by atoms with Crippen molar-refractivity contribution in [1.82, 2.24) is 29.9 Å². The maximum absolute atomic E-state index is 6.34. The van der Waals surface area contributed by atoms with Crippen molar-refractivity contribution in [1.29, 1.82) is 0 Å². The van der Waals surface area contributed by atoms with Gasteiger partial charge in [0.2, 0.25) is 0 Å². The Morgan fingerprint density at radius 3 is 2.95 bits per heavy atom. The Labute approximate surface area is 123 Å². The van der Waals surface area contributed by atoms with Crippen LogP contribution < -0.4 is 0 Å². The molecule has 1 saturated heterocycles. The van der Waals surface area contributed by atoms with Crippen molar-refractivity contribution in [3.05, 3.63) is 28.6 Å². The number of piperidine rings is 1. The van der Waals surface area contributed by atoms with Crippen LogP contribution in [0.25, 0.3) is 0 Å². The standard InChI is InChI=1S/C13H19ClN6/c1-9-10(12(14)19(2)18-9)7-20-6-4-3-5-11(20)13-15-8-16-17-13/h8,11H,3-7H2,1-2H3,(H,15,16,17)/t11-/m1/s1. The average Bonchev–Trinajstić information content (AvgIpc) is 3.04. The zero-order valence-electron chi connectivity index (χ0n) is 11.8. The number of aromatic nitrogens is 5. The second-order valence-electron chi connectivity index (χ2n) is 5.33. The summed E-state index contributed by atoms with van der Waals surface area (Å²) >= 11 is 6.34. The highest BCUT2D eigenvalue weighted by atomic mass is 35.5. The van der Waals surface area contributed by atoms with Gasteiger partial charge in [0.05, 0.1) is 11.7 Å². The molecule has 0 unspecified atom stereocenters. The van der Waals surface area contributed by atoms with E-state index in [0.717, 1.165) is 41.7 Å². The summed E-state index contributed by atoms with van der Waals surface area (Å²) in [6.45, 7) is 3.87. The number of nitrogens with zero attached hydrogens (tertiary/aromatic N) is 5. The van der Waals surface area contributed by atoms with Gasteiger partial charge in [0, 0.05) is 19.2 Å². The van der Waals surface area contributed by atoms with Crippen LogP contribution in [0.4, 0.5) is 0 Å². The Hall–Kier alpha value is -1.40. The summed E-state index contributed by atoms with van der Waals surface area (Å²) in [5.41, 5.74) is 2.11. The molecule has 1 aliphatic rings. The van der Waals surface area contributed by atoms with Crippen molar-refractivity contribution in [3.8, 4) is 0 Å². The minimum Gasteiger partial charge on any atom is -0.289 e. The third-order valence-corrected chi connectivity index (χ3v) is 4.47. The number of hydrogen-bond acceptors (Lipinski definition) is 4. The highest BCUT2D eigenvalue weighted by molar-refractivity contribution is 6.30. The first kappa shape index (κ1) is 13.6. The van der Waals surface area contributed by atoms with Gasteiger partial charge < -0.3 is 0 Å². The number of halogens is 1. The fraction of sp³-hybridized carbons (Fsp3) is 0.615. The zero-order chi connectivity index (χ0) is 14.1. The molecular weight excluding hydrogens is 276 g/mol. The molecule has 0 bridgehead atoms. The quantitative estimate of drug-likeness (QED) is 0.943. The number of likely N-dealkylation sites (tertiary alicyclic amines) is 1. The van der Waals surface area contributed by atoms with Crippen LogP contribution in [0.1, 0.15) is 42.4 Å². The first-order valence-electron chi connectivity index (χ1n) is 6.94. The molecule has 0 aromatic carbocycles. The number of aryl methyl sites for hydroxylation is 2. The van der Waals surface area contributed by atoms with Crippen LogP contribution in [0, 0.1) is 6.92 Å². The lowest BCUT2D eigenvalue weighted by Crippen LogP contribution is -2.33. The topological polar surface area (TPSA) is 62.6 Å². The van der Waals surface area contributed by atoms with E-state index in [1.54, 1.807) is 11.0 Å². The fourth-order valence-corrected chi connectivity index (χ4v) is 3.16. The zero-order valence-corrected chi connectivity index (χ0v) is 12.6.